The van der Waals surface area contributed by atoms with Crippen LogP contribution >= 0.6 is 0 Å². The number of ether oxygens (including phenoxy) is 5. The summed E-state index contributed by atoms with van der Waals surface area (Å²) >= 11 is 0. The average Bonchev–Trinajstić information content (AvgIpc) is 2.66. The van der Waals surface area contributed by atoms with Crippen LogP contribution < -0.4 is 18.9 Å². The average molecular weight is 344 g/mol. The van der Waals surface area contributed by atoms with Crippen molar-refractivity contribution >= 4 is 0 Å². The van der Waals surface area contributed by atoms with E-state index in [9.17, 15) is 5.11 Å². The zero-order valence-electron chi connectivity index (χ0n) is 14.3. The molecule has 25 heavy (non-hydrogen) atoms. The van der Waals surface area contributed by atoms with Gasteiger partial charge in [0.2, 0.25) is 0 Å². The highest BCUT2D eigenvalue weighted by atomic mass is 16.6. The summed E-state index contributed by atoms with van der Waals surface area (Å²) in [5.74, 6) is 2.53. The lowest BCUT2D eigenvalue weighted by molar-refractivity contribution is -0.127. The van der Waals surface area contributed by atoms with Gasteiger partial charge in [0.1, 0.15) is 23.7 Å². The standard InChI is InChI=1S/C19H20O6/c1-21-11-4-5-12-14(7-11)25-18-13-8-16(23-3)15(22-2)6-10(13)9-24-19(18)17(12)20/h4-8,17-20H,9H2,1-3H3/t17-,18-,19+/m0/s1. The summed E-state index contributed by atoms with van der Waals surface area (Å²) in [5, 5.41) is 10.8. The quantitative estimate of drug-likeness (QED) is 0.924. The van der Waals surface area contributed by atoms with Gasteiger partial charge in [-0.15, -0.1) is 0 Å². The summed E-state index contributed by atoms with van der Waals surface area (Å²) in [5.41, 5.74) is 2.59. The topological polar surface area (TPSA) is 66.4 Å². The maximum absolute atomic E-state index is 10.8. The Hall–Kier alpha value is -2.44. The van der Waals surface area contributed by atoms with Gasteiger partial charge in [0.25, 0.3) is 0 Å². The van der Waals surface area contributed by atoms with Gasteiger partial charge in [-0.3, -0.25) is 0 Å². The SMILES string of the molecule is COc1ccc2c(c1)O[C@H]1c3cc(OC)c(OC)cc3CO[C@@H]1[C@H]2O. The van der Waals surface area contributed by atoms with Crippen LogP contribution in [0.3, 0.4) is 0 Å². The molecular weight excluding hydrogens is 324 g/mol. The lowest BCUT2D eigenvalue weighted by Gasteiger charge is -2.41. The molecular formula is C19H20O6. The molecule has 6 nitrogen and oxygen atoms in total. The van der Waals surface area contributed by atoms with Gasteiger partial charge in [-0.05, 0) is 29.8 Å². The molecule has 0 saturated heterocycles. The Labute approximate surface area is 145 Å². The molecule has 0 fully saturated rings. The summed E-state index contributed by atoms with van der Waals surface area (Å²) < 4.78 is 28.1. The number of aliphatic hydroxyl groups is 1. The molecule has 2 aliphatic heterocycles. The summed E-state index contributed by atoms with van der Waals surface area (Å²) in [6, 6.07) is 9.18. The lowest BCUT2D eigenvalue weighted by Crippen LogP contribution is -2.39. The molecule has 0 spiro atoms. The number of methoxy groups -OCH3 is 3. The smallest absolute Gasteiger partial charge is 0.161 e. The van der Waals surface area contributed by atoms with Crippen molar-refractivity contribution in [3.05, 3.63) is 47.0 Å². The third kappa shape index (κ3) is 2.49. The second-order valence-electron chi connectivity index (χ2n) is 6.07. The van der Waals surface area contributed by atoms with Crippen LogP contribution in [0, 0.1) is 0 Å². The molecule has 0 radical (unpaired) electrons. The molecule has 0 aromatic heterocycles. The molecule has 6 heteroatoms. The van der Waals surface area contributed by atoms with E-state index < -0.39 is 18.3 Å². The normalized spacial score (nSPS) is 23.6. The Morgan fingerprint density at radius 3 is 2.44 bits per heavy atom. The fourth-order valence-electron chi connectivity index (χ4n) is 3.47. The largest absolute Gasteiger partial charge is 0.497 e. The van der Waals surface area contributed by atoms with E-state index in [0.29, 0.717) is 35.2 Å². The maximum Gasteiger partial charge on any atom is 0.161 e. The Kier molecular flexibility index (Phi) is 3.94. The molecule has 132 valence electrons. The maximum atomic E-state index is 10.8. The number of fused-ring (bicyclic) bond motifs is 4. The van der Waals surface area contributed by atoms with E-state index in [4.69, 9.17) is 23.7 Å². The first kappa shape index (κ1) is 16.1. The van der Waals surface area contributed by atoms with Crippen LogP contribution in [0.1, 0.15) is 28.9 Å². The minimum Gasteiger partial charge on any atom is -0.497 e. The highest BCUT2D eigenvalue weighted by molar-refractivity contribution is 5.51. The van der Waals surface area contributed by atoms with Gasteiger partial charge in [-0.2, -0.15) is 0 Å². The third-order valence-electron chi connectivity index (χ3n) is 4.79. The van der Waals surface area contributed by atoms with Gasteiger partial charge < -0.3 is 28.8 Å². The summed E-state index contributed by atoms with van der Waals surface area (Å²) in [7, 11) is 4.79. The van der Waals surface area contributed by atoms with Crippen molar-refractivity contribution in [3.63, 3.8) is 0 Å². The fourth-order valence-corrected chi connectivity index (χ4v) is 3.47. The second-order valence-corrected chi connectivity index (χ2v) is 6.07. The first-order valence-corrected chi connectivity index (χ1v) is 8.05. The molecule has 0 unspecified atom stereocenters. The van der Waals surface area contributed by atoms with Gasteiger partial charge in [-0.25, -0.2) is 0 Å². The second kappa shape index (κ2) is 6.13. The van der Waals surface area contributed by atoms with E-state index >= 15 is 0 Å². The monoisotopic (exact) mass is 344 g/mol. The van der Waals surface area contributed by atoms with Crippen LogP contribution in [0.5, 0.6) is 23.0 Å². The summed E-state index contributed by atoms with van der Waals surface area (Å²) in [6.07, 6.45) is -1.69. The summed E-state index contributed by atoms with van der Waals surface area (Å²) in [4.78, 5) is 0. The Balaban J connectivity index is 1.79. The number of rotatable bonds is 3. The Morgan fingerprint density at radius 2 is 1.72 bits per heavy atom. The highest BCUT2D eigenvalue weighted by Crippen LogP contribution is 2.48. The van der Waals surface area contributed by atoms with Crippen molar-refractivity contribution in [2.75, 3.05) is 21.3 Å². The number of hydrogen-bond donors (Lipinski definition) is 1. The summed E-state index contributed by atoms with van der Waals surface area (Å²) in [6.45, 7) is 0.378. The number of hydrogen-bond acceptors (Lipinski definition) is 6. The lowest BCUT2D eigenvalue weighted by atomic mass is 9.87. The zero-order chi connectivity index (χ0) is 17.6. The zero-order valence-corrected chi connectivity index (χ0v) is 14.3. The molecule has 0 amide bonds. The van der Waals surface area contributed by atoms with E-state index in [1.807, 2.05) is 18.2 Å². The van der Waals surface area contributed by atoms with Crippen LogP contribution in [-0.2, 0) is 11.3 Å². The molecule has 4 rings (SSSR count). The Morgan fingerprint density at radius 1 is 0.960 bits per heavy atom. The Bertz CT molecular complexity index is 803. The van der Waals surface area contributed by atoms with Crippen molar-refractivity contribution < 1.29 is 28.8 Å². The molecule has 2 aromatic rings. The van der Waals surface area contributed by atoms with Crippen LogP contribution in [0.2, 0.25) is 0 Å². The van der Waals surface area contributed by atoms with Gasteiger partial charge in [-0.1, -0.05) is 0 Å². The van der Waals surface area contributed by atoms with Crippen LogP contribution in [0.4, 0.5) is 0 Å². The van der Waals surface area contributed by atoms with Crippen LogP contribution in [0.25, 0.3) is 0 Å². The van der Waals surface area contributed by atoms with Gasteiger partial charge in [0, 0.05) is 17.2 Å². The van der Waals surface area contributed by atoms with E-state index in [1.54, 1.807) is 33.5 Å². The predicted octanol–water partition coefficient (Wildman–Crippen LogP) is 2.78. The molecule has 0 saturated carbocycles. The van der Waals surface area contributed by atoms with Gasteiger partial charge >= 0.3 is 0 Å². The van der Waals surface area contributed by atoms with E-state index in [2.05, 4.69) is 0 Å². The predicted molar refractivity (Wildman–Crippen MR) is 89.4 cm³/mol. The van der Waals surface area contributed by atoms with Gasteiger partial charge in [0.05, 0.1) is 27.9 Å². The van der Waals surface area contributed by atoms with E-state index in [1.165, 1.54) is 0 Å². The van der Waals surface area contributed by atoms with Crippen LogP contribution in [0.15, 0.2) is 30.3 Å². The molecule has 0 aliphatic carbocycles. The minimum atomic E-state index is -0.777. The number of aliphatic hydroxyl groups excluding tert-OH is 1. The van der Waals surface area contributed by atoms with Crippen LogP contribution in [-0.4, -0.2) is 32.5 Å². The fraction of sp³-hybridized carbons (Fsp3) is 0.368. The molecule has 2 heterocycles. The van der Waals surface area contributed by atoms with Crippen molar-refractivity contribution in [1.82, 2.24) is 0 Å². The van der Waals surface area contributed by atoms with E-state index in [0.717, 1.165) is 11.1 Å². The van der Waals surface area contributed by atoms with Crippen molar-refractivity contribution in [2.45, 2.75) is 24.9 Å². The van der Waals surface area contributed by atoms with Gasteiger partial charge in [0.15, 0.2) is 17.6 Å². The minimum absolute atomic E-state index is 0.378. The molecule has 0 bridgehead atoms. The molecule has 2 aliphatic rings. The van der Waals surface area contributed by atoms with Crippen molar-refractivity contribution in [3.8, 4) is 23.0 Å². The molecule has 3 atom stereocenters. The van der Waals surface area contributed by atoms with Crippen molar-refractivity contribution in [2.24, 2.45) is 0 Å². The number of benzene rings is 2. The first-order valence-electron chi connectivity index (χ1n) is 8.05. The molecule has 2 aromatic carbocycles. The first-order chi connectivity index (χ1) is 12.2. The van der Waals surface area contributed by atoms with E-state index in [-0.39, 0.29) is 0 Å². The molecule has 1 N–H and O–H groups in total. The third-order valence-corrected chi connectivity index (χ3v) is 4.79. The van der Waals surface area contributed by atoms with Crippen molar-refractivity contribution in [1.29, 1.82) is 0 Å². The highest BCUT2D eigenvalue weighted by Gasteiger charge is 2.43.